The highest BCUT2D eigenvalue weighted by atomic mass is 35.5. The summed E-state index contributed by atoms with van der Waals surface area (Å²) in [6, 6.07) is 0. The van der Waals surface area contributed by atoms with E-state index in [9.17, 15) is 8.42 Å². The molecule has 0 saturated carbocycles. The molecule has 0 aromatic rings. The number of rotatable bonds is 6. The van der Waals surface area contributed by atoms with Gasteiger partial charge in [0.15, 0.2) is 0 Å². The minimum absolute atomic E-state index is 0.0939. The van der Waals surface area contributed by atoms with Gasteiger partial charge in [-0.1, -0.05) is 0 Å². The SMILES string of the molecule is COC(C)CNS(=O)(=O)C(C)CCl. The van der Waals surface area contributed by atoms with Crippen LogP contribution < -0.4 is 4.72 Å². The van der Waals surface area contributed by atoms with Crippen LogP contribution in [0.1, 0.15) is 13.8 Å². The number of sulfonamides is 1. The lowest BCUT2D eigenvalue weighted by Gasteiger charge is -2.14. The van der Waals surface area contributed by atoms with E-state index in [1.165, 1.54) is 7.11 Å². The summed E-state index contributed by atoms with van der Waals surface area (Å²) in [7, 11) is -1.75. The van der Waals surface area contributed by atoms with Crippen LogP contribution in [0, 0.1) is 0 Å². The molecule has 1 N–H and O–H groups in total. The molecule has 2 atom stereocenters. The highest BCUT2D eigenvalue weighted by Crippen LogP contribution is 2.00. The number of hydrogen-bond donors (Lipinski definition) is 1. The Balaban J connectivity index is 4.04. The van der Waals surface area contributed by atoms with Crippen molar-refractivity contribution < 1.29 is 13.2 Å². The van der Waals surface area contributed by atoms with Crippen LogP contribution in [0.15, 0.2) is 0 Å². The van der Waals surface area contributed by atoms with Crippen LogP contribution in [0.2, 0.25) is 0 Å². The Kier molecular flexibility index (Phi) is 5.87. The molecule has 0 aromatic carbocycles. The number of ether oxygens (including phenoxy) is 1. The molecule has 0 rings (SSSR count). The number of alkyl halides is 1. The molecule has 4 nitrogen and oxygen atoms in total. The molecular weight excluding hydrogens is 214 g/mol. The summed E-state index contributed by atoms with van der Waals surface area (Å²) in [4.78, 5) is 0. The van der Waals surface area contributed by atoms with Gasteiger partial charge < -0.3 is 4.74 Å². The van der Waals surface area contributed by atoms with Gasteiger partial charge in [0.25, 0.3) is 0 Å². The van der Waals surface area contributed by atoms with E-state index < -0.39 is 15.3 Å². The first kappa shape index (κ1) is 13.2. The maximum atomic E-state index is 11.3. The molecule has 0 radical (unpaired) electrons. The average Bonchev–Trinajstić information content (AvgIpc) is 2.12. The van der Waals surface area contributed by atoms with Gasteiger partial charge in [0.2, 0.25) is 10.0 Å². The van der Waals surface area contributed by atoms with Gasteiger partial charge in [-0.15, -0.1) is 11.6 Å². The van der Waals surface area contributed by atoms with E-state index in [0.717, 1.165) is 0 Å². The Labute approximate surface area is 84.7 Å². The predicted molar refractivity (Wildman–Crippen MR) is 53.6 cm³/mol. The van der Waals surface area contributed by atoms with Crippen LogP contribution in [0.3, 0.4) is 0 Å². The Bertz CT molecular complexity index is 230. The summed E-state index contributed by atoms with van der Waals surface area (Å²) >= 11 is 5.44. The maximum Gasteiger partial charge on any atom is 0.215 e. The molecule has 0 spiro atoms. The summed E-state index contributed by atoms with van der Waals surface area (Å²) < 4.78 is 30.0. The minimum atomic E-state index is -3.28. The van der Waals surface area contributed by atoms with Gasteiger partial charge in [0.1, 0.15) is 0 Å². The fraction of sp³-hybridized carbons (Fsp3) is 1.00. The lowest BCUT2D eigenvalue weighted by atomic mass is 10.4. The topological polar surface area (TPSA) is 55.4 Å². The monoisotopic (exact) mass is 229 g/mol. The number of nitrogens with one attached hydrogen (secondary N) is 1. The van der Waals surface area contributed by atoms with E-state index >= 15 is 0 Å². The van der Waals surface area contributed by atoms with Crippen molar-refractivity contribution in [2.75, 3.05) is 19.5 Å². The van der Waals surface area contributed by atoms with Gasteiger partial charge in [0.05, 0.1) is 11.4 Å². The molecule has 13 heavy (non-hydrogen) atoms. The minimum Gasteiger partial charge on any atom is -0.380 e. The van der Waals surface area contributed by atoms with Crippen molar-refractivity contribution in [1.82, 2.24) is 4.72 Å². The first-order valence-electron chi connectivity index (χ1n) is 4.01. The van der Waals surface area contributed by atoms with Crippen molar-refractivity contribution in [3.8, 4) is 0 Å². The fourth-order valence-electron chi connectivity index (χ4n) is 0.542. The Morgan fingerprint density at radius 2 is 2.00 bits per heavy atom. The van der Waals surface area contributed by atoms with E-state index in [0.29, 0.717) is 0 Å². The van der Waals surface area contributed by atoms with Crippen molar-refractivity contribution in [2.24, 2.45) is 0 Å². The zero-order chi connectivity index (χ0) is 10.5. The molecule has 0 aliphatic carbocycles. The first-order valence-corrected chi connectivity index (χ1v) is 6.09. The summed E-state index contributed by atoms with van der Waals surface area (Å²) in [6.45, 7) is 3.63. The highest BCUT2D eigenvalue weighted by molar-refractivity contribution is 7.90. The van der Waals surface area contributed by atoms with Crippen LogP contribution in [0.4, 0.5) is 0 Å². The van der Waals surface area contributed by atoms with Gasteiger partial charge in [0, 0.05) is 19.5 Å². The van der Waals surface area contributed by atoms with Crippen molar-refractivity contribution in [2.45, 2.75) is 25.2 Å². The van der Waals surface area contributed by atoms with Crippen LogP contribution in [-0.2, 0) is 14.8 Å². The zero-order valence-corrected chi connectivity index (χ0v) is 9.65. The zero-order valence-electron chi connectivity index (χ0n) is 8.08. The third-order valence-corrected chi connectivity index (χ3v) is 4.16. The lowest BCUT2D eigenvalue weighted by molar-refractivity contribution is 0.122. The quantitative estimate of drug-likeness (QED) is 0.678. The molecule has 0 aliphatic heterocycles. The molecule has 2 unspecified atom stereocenters. The average molecular weight is 230 g/mol. The Morgan fingerprint density at radius 1 is 1.46 bits per heavy atom. The lowest BCUT2D eigenvalue weighted by Crippen LogP contribution is -2.37. The van der Waals surface area contributed by atoms with Crippen molar-refractivity contribution in [1.29, 1.82) is 0 Å². The molecule has 0 amide bonds. The van der Waals surface area contributed by atoms with Crippen LogP contribution in [-0.4, -0.2) is 39.3 Å². The standard InChI is InChI=1S/C7H16ClNO3S/c1-6(12-3)5-9-13(10,11)7(2)4-8/h6-7,9H,4-5H2,1-3H3. The summed E-state index contributed by atoms with van der Waals surface area (Å²) in [5.74, 6) is 0.0939. The normalized spacial score (nSPS) is 16.9. The summed E-state index contributed by atoms with van der Waals surface area (Å²) in [5.41, 5.74) is 0. The largest absolute Gasteiger partial charge is 0.380 e. The third kappa shape index (κ3) is 4.81. The molecule has 0 bridgehead atoms. The Hall–Kier alpha value is 0.160. The molecule has 6 heteroatoms. The summed E-state index contributed by atoms with van der Waals surface area (Å²) in [6.07, 6.45) is -0.127. The first-order chi connectivity index (χ1) is 5.94. The van der Waals surface area contributed by atoms with E-state index in [1.54, 1.807) is 13.8 Å². The number of hydrogen-bond acceptors (Lipinski definition) is 3. The second-order valence-corrected chi connectivity index (χ2v) is 5.40. The number of halogens is 1. The molecule has 0 aromatic heterocycles. The van der Waals surface area contributed by atoms with E-state index in [-0.39, 0.29) is 18.5 Å². The molecule has 0 aliphatic rings. The van der Waals surface area contributed by atoms with Crippen molar-refractivity contribution in [3.63, 3.8) is 0 Å². The van der Waals surface area contributed by atoms with Gasteiger partial charge in [-0.3, -0.25) is 0 Å². The second kappa shape index (κ2) is 5.80. The van der Waals surface area contributed by atoms with E-state index in [1.807, 2.05) is 0 Å². The molecule has 0 heterocycles. The predicted octanol–water partition coefficient (Wildman–Crippen LogP) is 0.568. The van der Waals surface area contributed by atoms with Gasteiger partial charge in [-0.25, -0.2) is 13.1 Å². The van der Waals surface area contributed by atoms with Crippen LogP contribution in [0.5, 0.6) is 0 Å². The van der Waals surface area contributed by atoms with Gasteiger partial charge in [-0.2, -0.15) is 0 Å². The van der Waals surface area contributed by atoms with Crippen LogP contribution in [0.25, 0.3) is 0 Å². The highest BCUT2D eigenvalue weighted by Gasteiger charge is 2.19. The van der Waals surface area contributed by atoms with Gasteiger partial charge in [-0.05, 0) is 13.8 Å². The Morgan fingerprint density at radius 3 is 2.38 bits per heavy atom. The van der Waals surface area contributed by atoms with Gasteiger partial charge >= 0.3 is 0 Å². The number of methoxy groups -OCH3 is 1. The third-order valence-electron chi connectivity index (χ3n) is 1.72. The van der Waals surface area contributed by atoms with E-state index in [4.69, 9.17) is 16.3 Å². The maximum absolute atomic E-state index is 11.3. The molecule has 0 fully saturated rings. The molecular formula is C7H16ClNO3S. The fourth-order valence-corrected chi connectivity index (χ4v) is 1.96. The van der Waals surface area contributed by atoms with Crippen molar-refractivity contribution >= 4 is 21.6 Å². The summed E-state index contributed by atoms with van der Waals surface area (Å²) in [5, 5.41) is -0.571. The smallest absolute Gasteiger partial charge is 0.215 e. The van der Waals surface area contributed by atoms with E-state index in [2.05, 4.69) is 4.72 Å². The van der Waals surface area contributed by atoms with Crippen LogP contribution >= 0.6 is 11.6 Å². The molecule has 80 valence electrons. The second-order valence-electron chi connectivity index (χ2n) is 2.90. The van der Waals surface area contributed by atoms with Crippen molar-refractivity contribution in [3.05, 3.63) is 0 Å². The molecule has 0 saturated heterocycles.